The molecule has 2 aromatic rings. The first-order valence-electron chi connectivity index (χ1n) is 11.0. The normalized spacial score (nSPS) is 22.5. The highest BCUT2D eigenvalue weighted by Crippen LogP contribution is 2.42. The highest BCUT2D eigenvalue weighted by molar-refractivity contribution is 6.35. The molecule has 1 saturated carbocycles. The molecular formula is C26H26Cl2FNO2. The van der Waals surface area contributed by atoms with Crippen LogP contribution in [-0.2, 0) is 4.74 Å². The van der Waals surface area contributed by atoms with E-state index < -0.39 is 6.17 Å². The van der Waals surface area contributed by atoms with E-state index in [2.05, 4.69) is 12.1 Å². The maximum absolute atomic E-state index is 15.4. The van der Waals surface area contributed by atoms with E-state index in [0.717, 1.165) is 17.9 Å². The van der Waals surface area contributed by atoms with Crippen LogP contribution in [0.5, 0.6) is 5.75 Å². The molecule has 0 bridgehead atoms. The third-order valence-electron chi connectivity index (χ3n) is 6.20. The van der Waals surface area contributed by atoms with Crippen LogP contribution in [0.25, 0.3) is 0 Å². The van der Waals surface area contributed by atoms with E-state index in [9.17, 15) is 0 Å². The summed E-state index contributed by atoms with van der Waals surface area (Å²) >= 11 is 12.2. The molecule has 2 aromatic carbocycles. The summed E-state index contributed by atoms with van der Waals surface area (Å²) in [6.07, 6.45) is 5.78. The van der Waals surface area contributed by atoms with Crippen LogP contribution in [0.15, 0.2) is 66.3 Å². The Morgan fingerprint density at radius 2 is 2.00 bits per heavy atom. The minimum atomic E-state index is -1.28. The minimum absolute atomic E-state index is 0.0422. The van der Waals surface area contributed by atoms with Gasteiger partial charge in [0.1, 0.15) is 29.0 Å². The monoisotopic (exact) mass is 473 g/mol. The summed E-state index contributed by atoms with van der Waals surface area (Å²) < 4.78 is 27.8. The van der Waals surface area contributed by atoms with Gasteiger partial charge in [-0.1, -0.05) is 41.4 Å². The van der Waals surface area contributed by atoms with Gasteiger partial charge >= 0.3 is 0 Å². The molecule has 0 aromatic heterocycles. The maximum atomic E-state index is 15.4. The van der Waals surface area contributed by atoms with Crippen molar-refractivity contribution < 1.29 is 13.9 Å². The first-order valence-corrected chi connectivity index (χ1v) is 11.8. The number of nitrogens with zero attached hydrogens (tertiary/aromatic N) is 1. The van der Waals surface area contributed by atoms with E-state index in [1.165, 1.54) is 18.4 Å². The smallest absolute Gasteiger partial charge is 0.146 e. The van der Waals surface area contributed by atoms with Crippen molar-refractivity contribution in [2.75, 3.05) is 6.54 Å². The van der Waals surface area contributed by atoms with E-state index in [-0.39, 0.29) is 18.2 Å². The first kappa shape index (κ1) is 21.7. The quantitative estimate of drug-likeness (QED) is 0.431. The fourth-order valence-corrected chi connectivity index (χ4v) is 5.02. The molecule has 2 aliphatic heterocycles. The predicted octanol–water partition coefficient (Wildman–Crippen LogP) is 7.57. The van der Waals surface area contributed by atoms with Crippen LogP contribution in [0, 0.1) is 0 Å². The standard InChI is InChI=1S/C26H26Cl2FNO2/c1-26(2)13-24-25(32-26)12-20(31-19-5-3-4-17(10-19)16-6-7-16)14-30(24)15-23(29)21-9-8-18(27)11-22(21)28/h3-5,8-12,14,16,23-24H,6-7,13,15H2,1-2H3. The van der Waals surface area contributed by atoms with E-state index >= 15 is 4.39 Å². The zero-order valence-corrected chi connectivity index (χ0v) is 19.7. The molecule has 2 heterocycles. The summed E-state index contributed by atoms with van der Waals surface area (Å²) in [5.74, 6) is 2.87. The molecule has 0 spiro atoms. The van der Waals surface area contributed by atoms with Gasteiger partial charge in [-0.25, -0.2) is 4.39 Å². The van der Waals surface area contributed by atoms with Crippen LogP contribution in [0.4, 0.5) is 4.39 Å². The van der Waals surface area contributed by atoms with Gasteiger partial charge in [0.25, 0.3) is 0 Å². The number of alkyl halides is 1. The molecule has 0 amide bonds. The van der Waals surface area contributed by atoms with Crippen molar-refractivity contribution in [3.63, 3.8) is 0 Å². The van der Waals surface area contributed by atoms with Gasteiger partial charge in [0.05, 0.1) is 12.6 Å². The Kier molecular flexibility index (Phi) is 5.63. The maximum Gasteiger partial charge on any atom is 0.146 e. The van der Waals surface area contributed by atoms with Gasteiger partial charge in [-0.05, 0) is 62.4 Å². The lowest BCUT2D eigenvalue weighted by atomic mass is 9.99. The Hall–Kier alpha value is -2.17. The average Bonchev–Trinajstić information content (AvgIpc) is 3.51. The van der Waals surface area contributed by atoms with Gasteiger partial charge in [0.15, 0.2) is 0 Å². The van der Waals surface area contributed by atoms with E-state index in [1.54, 1.807) is 18.2 Å². The Balaban J connectivity index is 1.40. The molecular weight excluding hydrogens is 448 g/mol. The number of allylic oxidation sites excluding steroid dienone is 1. The molecule has 3 aliphatic rings. The average molecular weight is 474 g/mol. The molecule has 2 atom stereocenters. The Morgan fingerprint density at radius 3 is 2.75 bits per heavy atom. The summed E-state index contributed by atoms with van der Waals surface area (Å²) in [5.41, 5.74) is 1.41. The molecule has 3 nitrogen and oxygen atoms in total. The Morgan fingerprint density at radius 1 is 1.19 bits per heavy atom. The van der Waals surface area contributed by atoms with Gasteiger partial charge in [0.2, 0.25) is 0 Å². The van der Waals surface area contributed by atoms with Crippen LogP contribution in [-0.4, -0.2) is 23.1 Å². The second-order valence-corrected chi connectivity index (χ2v) is 10.3. The zero-order valence-electron chi connectivity index (χ0n) is 18.2. The number of fused-ring (bicyclic) bond motifs is 1. The number of halogens is 3. The molecule has 5 rings (SSSR count). The number of benzene rings is 2. The van der Waals surface area contributed by atoms with Gasteiger partial charge in [-0.2, -0.15) is 0 Å². The summed E-state index contributed by atoms with van der Waals surface area (Å²) in [4.78, 5) is 1.97. The molecule has 1 saturated heterocycles. The Bertz CT molecular complexity index is 1090. The SMILES string of the molecule is CC1(C)CC2C(=CC(Oc3cccc(C4CC4)c3)=CN2CC(F)c2ccc(Cl)cc2Cl)O1. The summed E-state index contributed by atoms with van der Waals surface area (Å²) in [7, 11) is 0. The van der Waals surface area contributed by atoms with Crippen molar-refractivity contribution in [2.45, 2.75) is 56.8 Å². The fraction of sp³-hybridized carbons (Fsp3) is 0.385. The second kappa shape index (κ2) is 8.31. The van der Waals surface area contributed by atoms with Gasteiger partial charge < -0.3 is 14.4 Å². The molecule has 0 radical (unpaired) electrons. The van der Waals surface area contributed by atoms with Crippen molar-refractivity contribution in [3.05, 3.63) is 87.4 Å². The third-order valence-corrected chi connectivity index (χ3v) is 6.76. The molecule has 168 valence electrons. The predicted molar refractivity (Wildman–Crippen MR) is 126 cm³/mol. The third kappa shape index (κ3) is 4.62. The van der Waals surface area contributed by atoms with E-state index in [0.29, 0.717) is 27.3 Å². The zero-order chi connectivity index (χ0) is 22.5. The fourth-order valence-electron chi connectivity index (χ4n) is 4.49. The van der Waals surface area contributed by atoms with Gasteiger partial charge in [-0.15, -0.1) is 0 Å². The number of ether oxygens (including phenoxy) is 2. The lowest BCUT2D eigenvalue weighted by Gasteiger charge is -2.32. The van der Waals surface area contributed by atoms with Crippen LogP contribution in [0.3, 0.4) is 0 Å². The molecule has 6 heteroatoms. The van der Waals surface area contributed by atoms with Crippen LogP contribution < -0.4 is 4.74 Å². The molecule has 1 aliphatic carbocycles. The number of hydrogen-bond donors (Lipinski definition) is 0. The van der Waals surface area contributed by atoms with Crippen molar-refractivity contribution in [2.24, 2.45) is 0 Å². The molecule has 2 fully saturated rings. The number of hydrogen-bond acceptors (Lipinski definition) is 3. The molecule has 2 unspecified atom stereocenters. The van der Waals surface area contributed by atoms with Crippen LogP contribution in [0.1, 0.15) is 56.3 Å². The highest BCUT2D eigenvalue weighted by Gasteiger charge is 2.42. The molecule has 0 N–H and O–H groups in total. The van der Waals surface area contributed by atoms with Crippen LogP contribution in [0.2, 0.25) is 10.0 Å². The summed E-state index contributed by atoms with van der Waals surface area (Å²) in [5, 5.41) is 0.821. The second-order valence-electron chi connectivity index (χ2n) is 9.44. The summed E-state index contributed by atoms with van der Waals surface area (Å²) in [6, 6.07) is 13.1. The first-order chi connectivity index (χ1) is 15.3. The van der Waals surface area contributed by atoms with Crippen LogP contribution >= 0.6 is 23.2 Å². The van der Waals surface area contributed by atoms with Crippen molar-refractivity contribution in [1.29, 1.82) is 0 Å². The number of rotatable bonds is 6. The van der Waals surface area contributed by atoms with E-state index in [1.807, 2.05) is 43.2 Å². The van der Waals surface area contributed by atoms with Crippen molar-refractivity contribution >= 4 is 23.2 Å². The van der Waals surface area contributed by atoms with Crippen molar-refractivity contribution in [1.82, 2.24) is 4.90 Å². The van der Waals surface area contributed by atoms with Crippen molar-refractivity contribution in [3.8, 4) is 5.75 Å². The lowest BCUT2D eigenvalue weighted by molar-refractivity contribution is 0.0758. The lowest BCUT2D eigenvalue weighted by Crippen LogP contribution is -2.36. The minimum Gasteiger partial charge on any atom is -0.490 e. The Labute approximate surface area is 198 Å². The largest absolute Gasteiger partial charge is 0.490 e. The topological polar surface area (TPSA) is 21.7 Å². The van der Waals surface area contributed by atoms with Gasteiger partial charge in [-0.3, -0.25) is 0 Å². The van der Waals surface area contributed by atoms with Gasteiger partial charge in [0, 0.05) is 34.3 Å². The highest BCUT2D eigenvalue weighted by atomic mass is 35.5. The summed E-state index contributed by atoms with van der Waals surface area (Å²) in [6.45, 7) is 4.23. The molecule has 32 heavy (non-hydrogen) atoms. The van der Waals surface area contributed by atoms with E-state index in [4.69, 9.17) is 32.7 Å².